The number of esters is 2. The Bertz CT molecular complexity index is 1090. The lowest BCUT2D eigenvalue weighted by atomic mass is 9.86. The third kappa shape index (κ3) is 20.3. The molecule has 47 heavy (non-hydrogen) atoms. The zero-order valence-electron chi connectivity index (χ0n) is 30.7. The van der Waals surface area contributed by atoms with E-state index in [2.05, 4.69) is 49.8 Å². The molecule has 0 saturated heterocycles. The Kier molecular flexibility index (Phi) is 17.7. The molecule has 0 bridgehead atoms. The summed E-state index contributed by atoms with van der Waals surface area (Å²) in [5.41, 5.74) is -2.33. The Labute approximate surface area is 286 Å². The van der Waals surface area contributed by atoms with Crippen LogP contribution in [0.25, 0.3) is 0 Å². The van der Waals surface area contributed by atoms with E-state index >= 15 is 0 Å². The van der Waals surface area contributed by atoms with E-state index in [0.717, 1.165) is 11.8 Å². The second-order valence-electron chi connectivity index (χ2n) is 15.5. The molecule has 0 saturated carbocycles. The minimum Gasteiger partial charge on any atom is -0.460 e. The van der Waals surface area contributed by atoms with Crippen LogP contribution in [-0.2, 0) is 42.6 Å². The van der Waals surface area contributed by atoms with Crippen LogP contribution in [0.1, 0.15) is 95.4 Å². The van der Waals surface area contributed by atoms with E-state index in [1.807, 2.05) is 0 Å². The highest BCUT2D eigenvalue weighted by Gasteiger charge is 2.43. The van der Waals surface area contributed by atoms with Crippen molar-refractivity contribution >= 4 is 55.0 Å². The van der Waals surface area contributed by atoms with Gasteiger partial charge < -0.3 is 34.6 Å². The molecule has 3 N–H and O–H groups in total. The summed E-state index contributed by atoms with van der Waals surface area (Å²) in [4.78, 5) is 74.2. The van der Waals surface area contributed by atoms with Crippen LogP contribution in [0.3, 0.4) is 0 Å². The van der Waals surface area contributed by atoms with E-state index in [1.165, 1.54) is 0 Å². The highest BCUT2D eigenvalue weighted by Crippen LogP contribution is 2.38. The molecule has 0 heterocycles. The van der Waals surface area contributed by atoms with Crippen molar-refractivity contribution < 1.29 is 47.4 Å². The molecule has 1 unspecified atom stereocenters. The van der Waals surface area contributed by atoms with Crippen molar-refractivity contribution in [1.29, 1.82) is 0 Å². The quantitative estimate of drug-likeness (QED) is 0.0843. The summed E-state index contributed by atoms with van der Waals surface area (Å²) in [6.45, 7) is 24.1. The van der Waals surface area contributed by atoms with Crippen molar-refractivity contribution in [2.24, 2.45) is 5.41 Å². The highest BCUT2D eigenvalue weighted by molar-refractivity contribution is 8.13. The van der Waals surface area contributed by atoms with Crippen LogP contribution >= 0.6 is 11.8 Å². The maximum absolute atomic E-state index is 13.3. The van der Waals surface area contributed by atoms with Gasteiger partial charge in [0.25, 0.3) is 5.91 Å². The average molecular weight is 706 g/mol. The van der Waals surface area contributed by atoms with Gasteiger partial charge in [0.05, 0.1) is 6.42 Å². The molecular weight excluding hydrogens is 647 g/mol. The summed E-state index contributed by atoms with van der Waals surface area (Å²) in [6.07, 6.45) is -2.10. The lowest BCUT2D eigenvalue weighted by Gasteiger charge is -2.40. The second-order valence-corrected chi connectivity index (χ2v) is 21.4. The SMILES string of the molecule is CC(C)(C)OC(=O)CCC(=O)SCCNC(=O)CCNC(=O)C(OC(=O)CNC(=O)OC(C)(C)C)C(C)(C)CO[Si](C)(C)C(C)(C)C. The van der Waals surface area contributed by atoms with E-state index in [1.54, 1.807) is 55.4 Å². The van der Waals surface area contributed by atoms with Crippen molar-refractivity contribution in [3.8, 4) is 0 Å². The van der Waals surface area contributed by atoms with Gasteiger partial charge in [-0.25, -0.2) is 4.79 Å². The molecule has 0 aromatic carbocycles. The molecule has 13 nitrogen and oxygen atoms in total. The predicted molar refractivity (Wildman–Crippen MR) is 184 cm³/mol. The topological polar surface area (TPSA) is 175 Å². The normalized spacial score (nSPS) is 13.2. The minimum atomic E-state index is -2.21. The van der Waals surface area contributed by atoms with Gasteiger partial charge in [0.15, 0.2) is 19.5 Å². The summed E-state index contributed by atoms with van der Waals surface area (Å²) in [6, 6.07) is 0. The third-order valence-electron chi connectivity index (χ3n) is 6.88. The number of carbonyl (C=O) groups is 6. The molecular formula is C32H59N3O10SSi. The number of thioether (sulfide) groups is 1. The van der Waals surface area contributed by atoms with Gasteiger partial charge in [-0.15, -0.1) is 0 Å². The Balaban J connectivity index is 5.07. The molecule has 0 radical (unpaired) electrons. The fourth-order valence-electron chi connectivity index (χ4n) is 3.36. The van der Waals surface area contributed by atoms with E-state index < -0.39 is 61.5 Å². The van der Waals surface area contributed by atoms with Crippen LogP contribution in [0.2, 0.25) is 18.1 Å². The van der Waals surface area contributed by atoms with Gasteiger partial charge in [-0.3, -0.25) is 24.0 Å². The third-order valence-corrected chi connectivity index (χ3v) is 12.3. The minimum absolute atomic E-state index is 0.00899. The van der Waals surface area contributed by atoms with Crippen LogP contribution in [-0.4, -0.2) is 92.6 Å². The van der Waals surface area contributed by atoms with Crippen LogP contribution in [0, 0.1) is 5.41 Å². The first-order valence-electron chi connectivity index (χ1n) is 15.9. The number of hydrogen-bond acceptors (Lipinski definition) is 11. The van der Waals surface area contributed by atoms with Crippen LogP contribution in [0.4, 0.5) is 4.79 Å². The fraction of sp³-hybridized carbons (Fsp3) is 0.812. The van der Waals surface area contributed by atoms with Gasteiger partial charge in [0.2, 0.25) is 5.91 Å². The maximum Gasteiger partial charge on any atom is 0.408 e. The van der Waals surface area contributed by atoms with Crippen molar-refractivity contribution in [2.45, 2.75) is 131 Å². The number of ether oxygens (including phenoxy) is 3. The number of amides is 3. The standard InChI is InChI=1S/C32H59N3O10SSi/c1-29(2,3)44-23(37)14-15-25(39)46-19-18-33-22(36)16-17-34-27(40)26(32(10,11)21-42-47(12,13)31(7,8)9)43-24(38)20-35-28(41)45-30(4,5)6/h26H,14-21H2,1-13H3,(H,33,36)(H,34,40)(H,35,41). The van der Waals surface area contributed by atoms with Crippen molar-refractivity contribution in [1.82, 2.24) is 16.0 Å². The lowest BCUT2D eigenvalue weighted by Crippen LogP contribution is -2.52. The summed E-state index contributed by atoms with van der Waals surface area (Å²) in [5, 5.41) is 7.41. The van der Waals surface area contributed by atoms with Crippen molar-refractivity contribution in [3.63, 3.8) is 0 Å². The first-order valence-corrected chi connectivity index (χ1v) is 19.8. The van der Waals surface area contributed by atoms with E-state index in [0.29, 0.717) is 5.75 Å². The summed E-state index contributed by atoms with van der Waals surface area (Å²) in [5.74, 6) is -1.92. The molecule has 0 aliphatic heterocycles. The van der Waals surface area contributed by atoms with E-state index in [-0.39, 0.29) is 55.0 Å². The number of rotatable bonds is 17. The van der Waals surface area contributed by atoms with E-state index in [4.69, 9.17) is 18.6 Å². The summed E-state index contributed by atoms with van der Waals surface area (Å²) >= 11 is 1.01. The number of nitrogens with one attached hydrogen (secondary N) is 3. The smallest absolute Gasteiger partial charge is 0.408 e. The lowest BCUT2D eigenvalue weighted by molar-refractivity contribution is -0.164. The van der Waals surface area contributed by atoms with Crippen molar-refractivity contribution in [3.05, 3.63) is 0 Å². The van der Waals surface area contributed by atoms with Gasteiger partial charge in [-0.1, -0.05) is 46.4 Å². The molecule has 0 spiro atoms. The Morgan fingerprint density at radius 2 is 1.28 bits per heavy atom. The van der Waals surface area contributed by atoms with Crippen LogP contribution in [0.5, 0.6) is 0 Å². The predicted octanol–water partition coefficient (Wildman–Crippen LogP) is 4.48. The fourth-order valence-corrected chi connectivity index (χ4v) is 5.21. The number of carbonyl (C=O) groups excluding carboxylic acids is 6. The van der Waals surface area contributed by atoms with Gasteiger partial charge in [-0.2, -0.15) is 0 Å². The molecule has 0 aliphatic carbocycles. The molecule has 0 aliphatic rings. The van der Waals surface area contributed by atoms with Gasteiger partial charge >= 0.3 is 18.0 Å². The second kappa shape index (κ2) is 18.8. The largest absolute Gasteiger partial charge is 0.460 e. The van der Waals surface area contributed by atoms with E-state index in [9.17, 15) is 28.8 Å². The highest BCUT2D eigenvalue weighted by atomic mass is 32.2. The summed E-state index contributed by atoms with van der Waals surface area (Å²) in [7, 11) is -2.21. The van der Waals surface area contributed by atoms with Crippen LogP contribution < -0.4 is 16.0 Å². The number of hydrogen-bond donors (Lipinski definition) is 3. The van der Waals surface area contributed by atoms with Gasteiger partial charge in [0.1, 0.15) is 17.7 Å². The van der Waals surface area contributed by atoms with Crippen LogP contribution in [0.15, 0.2) is 0 Å². The molecule has 272 valence electrons. The molecule has 3 amide bonds. The molecule has 15 heteroatoms. The molecule has 0 fully saturated rings. The first-order chi connectivity index (χ1) is 21.1. The van der Waals surface area contributed by atoms with Gasteiger partial charge in [-0.05, 0) is 59.7 Å². The monoisotopic (exact) mass is 705 g/mol. The molecule has 0 rings (SSSR count). The first kappa shape index (κ1) is 44.3. The Morgan fingerprint density at radius 1 is 0.702 bits per heavy atom. The number of alkyl carbamates (subject to hydrolysis) is 1. The maximum atomic E-state index is 13.3. The zero-order valence-corrected chi connectivity index (χ0v) is 32.5. The zero-order chi connectivity index (χ0) is 36.9. The van der Waals surface area contributed by atoms with Crippen molar-refractivity contribution in [2.75, 3.05) is 32.0 Å². The average Bonchev–Trinajstić information content (AvgIpc) is 2.88. The van der Waals surface area contributed by atoms with Gasteiger partial charge in [0, 0.05) is 43.7 Å². The molecule has 1 atom stereocenters. The molecule has 0 aromatic heterocycles. The Morgan fingerprint density at radius 3 is 1.81 bits per heavy atom. The molecule has 0 aromatic rings. The Hall–Kier alpha value is -2.65. The summed E-state index contributed by atoms with van der Waals surface area (Å²) < 4.78 is 22.3.